The molecule has 0 saturated heterocycles. The van der Waals surface area contributed by atoms with Crippen LogP contribution in [0.15, 0.2) is 33.9 Å². The fourth-order valence-corrected chi connectivity index (χ4v) is 1.58. The van der Waals surface area contributed by atoms with E-state index in [9.17, 15) is 4.79 Å². The Morgan fingerprint density at radius 3 is 2.73 bits per heavy atom. The maximum atomic E-state index is 11.4. The van der Waals surface area contributed by atoms with E-state index in [1.165, 1.54) is 0 Å². The van der Waals surface area contributed by atoms with Gasteiger partial charge >= 0.3 is 0 Å². The molecule has 3 N–H and O–H groups in total. The highest BCUT2D eigenvalue weighted by atomic mass is 79.9. The van der Waals surface area contributed by atoms with Crippen molar-refractivity contribution in [2.24, 2.45) is 10.9 Å². The van der Waals surface area contributed by atoms with Gasteiger partial charge in [-0.1, -0.05) is 39.3 Å². The van der Waals surface area contributed by atoms with Crippen LogP contribution in [-0.2, 0) is 11.2 Å². The summed E-state index contributed by atoms with van der Waals surface area (Å²) in [5.41, 5.74) is 6.13. The number of amidine groups is 1. The lowest BCUT2D eigenvalue weighted by Crippen LogP contribution is -2.18. The fourth-order valence-electron chi connectivity index (χ4n) is 1.15. The molecule has 0 heterocycles. The standard InChI is InChI=1S/C10H11BrN2O2/c11-9-4-2-1-3-7(9)5-8(14)6-10(12)13-15/h1-4,15H,5-6H2,(H2,12,13). The van der Waals surface area contributed by atoms with Crippen molar-refractivity contribution >= 4 is 27.5 Å². The van der Waals surface area contributed by atoms with Crippen LogP contribution in [0.3, 0.4) is 0 Å². The summed E-state index contributed by atoms with van der Waals surface area (Å²) in [5.74, 6) is -0.149. The number of nitrogens with zero attached hydrogens (tertiary/aromatic N) is 1. The van der Waals surface area contributed by atoms with Crippen molar-refractivity contribution in [3.63, 3.8) is 0 Å². The average molecular weight is 271 g/mol. The number of Topliss-reactive ketones (excluding diaryl/α,β-unsaturated/α-hetero) is 1. The SMILES string of the molecule is N/C(CC(=O)Cc1ccccc1Br)=N\O. The Morgan fingerprint density at radius 1 is 1.47 bits per heavy atom. The van der Waals surface area contributed by atoms with E-state index in [1.807, 2.05) is 24.3 Å². The van der Waals surface area contributed by atoms with Gasteiger partial charge < -0.3 is 10.9 Å². The van der Waals surface area contributed by atoms with Gasteiger partial charge in [-0.15, -0.1) is 0 Å². The summed E-state index contributed by atoms with van der Waals surface area (Å²) in [7, 11) is 0. The molecule has 0 bridgehead atoms. The van der Waals surface area contributed by atoms with Gasteiger partial charge in [0, 0.05) is 10.9 Å². The lowest BCUT2D eigenvalue weighted by molar-refractivity contribution is -0.117. The van der Waals surface area contributed by atoms with Gasteiger partial charge in [-0.05, 0) is 11.6 Å². The molecule has 5 heteroatoms. The third kappa shape index (κ3) is 3.71. The Bertz CT molecular complexity index is 391. The number of hydrogen-bond donors (Lipinski definition) is 2. The van der Waals surface area contributed by atoms with Crippen molar-refractivity contribution in [3.8, 4) is 0 Å². The van der Waals surface area contributed by atoms with E-state index < -0.39 is 0 Å². The van der Waals surface area contributed by atoms with Crippen LogP contribution in [-0.4, -0.2) is 16.8 Å². The molecule has 0 unspecified atom stereocenters. The van der Waals surface area contributed by atoms with Crippen molar-refractivity contribution < 1.29 is 10.0 Å². The summed E-state index contributed by atoms with van der Waals surface area (Å²) in [5, 5.41) is 11.1. The Hall–Kier alpha value is -1.36. The van der Waals surface area contributed by atoms with Gasteiger partial charge in [0.2, 0.25) is 0 Å². The second kappa shape index (κ2) is 5.50. The van der Waals surface area contributed by atoms with E-state index in [-0.39, 0.29) is 24.5 Å². The second-order valence-electron chi connectivity index (χ2n) is 3.07. The average Bonchev–Trinajstić information content (AvgIpc) is 2.21. The van der Waals surface area contributed by atoms with Gasteiger partial charge in [0.15, 0.2) is 0 Å². The van der Waals surface area contributed by atoms with Crippen molar-refractivity contribution in [1.82, 2.24) is 0 Å². The van der Waals surface area contributed by atoms with Crippen LogP contribution in [0.25, 0.3) is 0 Å². The van der Waals surface area contributed by atoms with E-state index in [2.05, 4.69) is 21.1 Å². The molecule has 0 aliphatic rings. The molecular weight excluding hydrogens is 260 g/mol. The van der Waals surface area contributed by atoms with Crippen LogP contribution in [0.1, 0.15) is 12.0 Å². The molecule has 0 aromatic heterocycles. The largest absolute Gasteiger partial charge is 0.409 e. The minimum Gasteiger partial charge on any atom is -0.409 e. The number of halogens is 1. The van der Waals surface area contributed by atoms with E-state index in [4.69, 9.17) is 10.9 Å². The first-order valence-electron chi connectivity index (χ1n) is 4.35. The van der Waals surface area contributed by atoms with Gasteiger partial charge in [-0.2, -0.15) is 0 Å². The van der Waals surface area contributed by atoms with Gasteiger partial charge in [0.05, 0.1) is 6.42 Å². The van der Waals surface area contributed by atoms with E-state index in [1.54, 1.807) is 0 Å². The summed E-state index contributed by atoms with van der Waals surface area (Å²) in [6.07, 6.45) is 0.246. The van der Waals surface area contributed by atoms with Crippen LogP contribution in [0.4, 0.5) is 0 Å². The molecule has 0 atom stereocenters. The number of ketones is 1. The van der Waals surface area contributed by atoms with Crippen molar-refractivity contribution in [1.29, 1.82) is 0 Å². The fraction of sp³-hybridized carbons (Fsp3) is 0.200. The van der Waals surface area contributed by atoms with E-state index in [0.29, 0.717) is 0 Å². The molecule has 15 heavy (non-hydrogen) atoms. The molecule has 80 valence electrons. The zero-order chi connectivity index (χ0) is 11.3. The molecule has 1 aromatic rings. The molecule has 0 saturated carbocycles. The summed E-state index contributed by atoms with van der Waals surface area (Å²) in [4.78, 5) is 11.4. The second-order valence-corrected chi connectivity index (χ2v) is 3.93. The van der Waals surface area contributed by atoms with Gasteiger partial charge in [0.1, 0.15) is 11.6 Å². The summed E-state index contributed by atoms with van der Waals surface area (Å²) in [6, 6.07) is 7.46. The van der Waals surface area contributed by atoms with Crippen LogP contribution >= 0.6 is 15.9 Å². The molecule has 1 rings (SSSR count). The number of carbonyl (C=O) groups excluding carboxylic acids is 1. The molecule has 0 fully saturated rings. The van der Waals surface area contributed by atoms with Crippen LogP contribution < -0.4 is 5.73 Å². The van der Waals surface area contributed by atoms with Gasteiger partial charge in [0.25, 0.3) is 0 Å². The summed E-state index contributed by atoms with van der Waals surface area (Å²) >= 11 is 3.34. The number of nitrogens with two attached hydrogens (primary N) is 1. The minimum absolute atomic E-state index is 0.0299. The number of carbonyl (C=O) groups is 1. The van der Waals surface area contributed by atoms with Gasteiger partial charge in [-0.3, -0.25) is 4.79 Å². The maximum absolute atomic E-state index is 11.4. The summed E-state index contributed by atoms with van der Waals surface area (Å²) < 4.78 is 0.887. The number of benzene rings is 1. The van der Waals surface area contributed by atoms with E-state index >= 15 is 0 Å². The lowest BCUT2D eigenvalue weighted by atomic mass is 10.1. The Labute approximate surface area is 95.9 Å². The molecule has 0 aliphatic carbocycles. The highest BCUT2D eigenvalue weighted by Gasteiger charge is 2.08. The Morgan fingerprint density at radius 2 is 2.13 bits per heavy atom. The molecule has 1 aromatic carbocycles. The van der Waals surface area contributed by atoms with Crippen LogP contribution in [0.5, 0.6) is 0 Å². The lowest BCUT2D eigenvalue weighted by Gasteiger charge is -2.02. The van der Waals surface area contributed by atoms with Crippen molar-refractivity contribution in [2.45, 2.75) is 12.8 Å². The maximum Gasteiger partial charge on any atom is 0.146 e. The molecular formula is C10H11BrN2O2. The van der Waals surface area contributed by atoms with Crippen molar-refractivity contribution in [3.05, 3.63) is 34.3 Å². The third-order valence-electron chi connectivity index (χ3n) is 1.85. The van der Waals surface area contributed by atoms with Crippen molar-refractivity contribution in [2.75, 3.05) is 0 Å². The molecule has 4 nitrogen and oxygen atoms in total. The molecule has 0 spiro atoms. The minimum atomic E-state index is -0.0859. The highest BCUT2D eigenvalue weighted by molar-refractivity contribution is 9.10. The number of oxime groups is 1. The Kier molecular flexibility index (Phi) is 4.30. The molecule has 0 aliphatic heterocycles. The molecule has 0 radical (unpaired) electrons. The third-order valence-corrected chi connectivity index (χ3v) is 2.63. The molecule has 0 amide bonds. The summed E-state index contributed by atoms with van der Waals surface area (Å²) in [6.45, 7) is 0. The van der Waals surface area contributed by atoms with Crippen LogP contribution in [0, 0.1) is 0 Å². The zero-order valence-corrected chi connectivity index (χ0v) is 9.57. The monoisotopic (exact) mass is 270 g/mol. The van der Waals surface area contributed by atoms with Crippen LogP contribution in [0.2, 0.25) is 0 Å². The number of rotatable bonds is 4. The number of hydrogen-bond acceptors (Lipinski definition) is 3. The topological polar surface area (TPSA) is 75.7 Å². The smallest absolute Gasteiger partial charge is 0.146 e. The highest BCUT2D eigenvalue weighted by Crippen LogP contribution is 2.16. The van der Waals surface area contributed by atoms with Gasteiger partial charge in [-0.25, -0.2) is 0 Å². The zero-order valence-electron chi connectivity index (χ0n) is 7.98. The first-order chi connectivity index (χ1) is 7.13. The normalized spacial score (nSPS) is 11.4. The quantitative estimate of drug-likeness (QED) is 0.379. The predicted octanol–water partition coefficient (Wildman–Crippen LogP) is 1.70. The first kappa shape index (κ1) is 11.7. The Balaban J connectivity index is 2.63. The van der Waals surface area contributed by atoms with E-state index in [0.717, 1.165) is 10.0 Å². The predicted molar refractivity (Wildman–Crippen MR) is 60.9 cm³/mol. The first-order valence-corrected chi connectivity index (χ1v) is 5.14.